The van der Waals surface area contributed by atoms with Crippen LogP contribution in [0.1, 0.15) is 11.1 Å². The second kappa shape index (κ2) is 4.33. The Morgan fingerprint density at radius 1 is 1.50 bits per heavy atom. The number of halogens is 1. The van der Waals surface area contributed by atoms with E-state index in [-0.39, 0.29) is 5.95 Å². The minimum absolute atomic E-state index is 0.225. The lowest BCUT2D eigenvalue weighted by atomic mass is 10.1. The summed E-state index contributed by atoms with van der Waals surface area (Å²) in [5.74, 6) is 0.225. The van der Waals surface area contributed by atoms with Crippen molar-refractivity contribution in [2.45, 2.75) is 6.54 Å². The molecule has 2 rings (SSSR count). The first-order valence-electron chi connectivity index (χ1n) is 4.54. The number of rotatable bonds is 2. The fourth-order valence-electron chi connectivity index (χ4n) is 1.35. The van der Waals surface area contributed by atoms with Crippen molar-refractivity contribution < 1.29 is 0 Å². The number of hydrogen-bond acceptors (Lipinski definition) is 4. The number of hydrogen-bond donors (Lipinski definition) is 1. The van der Waals surface area contributed by atoms with Crippen molar-refractivity contribution >= 4 is 21.9 Å². The van der Waals surface area contributed by atoms with E-state index in [4.69, 9.17) is 11.0 Å². The fourth-order valence-corrected chi connectivity index (χ4v) is 1.74. The van der Waals surface area contributed by atoms with Gasteiger partial charge in [-0.05, 0) is 33.6 Å². The van der Waals surface area contributed by atoms with E-state index in [9.17, 15) is 0 Å². The molecule has 0 amide bonds. The van der Waals surface area contributed by atoms with Crippen LogP contribution in [0.25, 0.3) is 0 Å². The molecule has 0 fully saturated rings. The van der Waals surface area contributed by atoms with Crippen molar-refractivity contribution in [3.8, 4) is 6.07 Å². The highest BCUT2D eigenvalue weighted by Crippen LogP contribution is 2.12. The van der Waals surface area contributed by atoms with Crippen molar-refractivity contribution in [1.82, 2.24) is 14.8 Å². The molecule has 0 atom stereocenters. The van der Waals surface area contributed by atoms with Crippen LogP contribution in [0.4, 0.5) is 5.95 Å². The molecular weight excluding hydrogens is 270 g/mol. The predicted molar refractivity (Wildman–Crippen MR) is 62.4 cm³/mol. The fraction of sp³-hybridized carbons (Fsp3) is 0.100. The second-order valence-corrected chi connectivity index (χ2v) is 3.92. The molecule has 80 valence electrons. The molecule has 2 N–H and O–H groups in total. The zero-order valence-corrected chi connectivity index (χ0v) is 9.85. The molecule has 1 aromatic carbocycles. The number of nitrogens with zero attached hydrogens (tertiary/aromatic N) is 4. The third-order valence-corrected chi connectivity index (χ3v) is 2.62. The van der Waals surface area contributed by atoms with Crippen LogP contribution in [0.3, 0.4) is 0 Å². The Morgan fingerprint density at radius 2 is 2.31 bits per heavy atom. The quantitative estimate of drug-likeness (QED) is 0.903. The summed E-state index contributed by atoms with van der Waals surface area (Å²) in [5.41, 5.74) is 7.07. The van der Waals surface area contributed by atoms with Crippen LogP contribution in [0.15, 0.2) is 29.0 Å². The van der Waals surface area contributed by atoms with E-state index in [0.717, 1.165) is 5.56 Å². The van der Waals surface area contributed by atoms with E-state index in [1.54, 1.807) is 10.7 Å². The number of benzene rings is 1. The maximum atomic E-state index is 8.77. The van der Waals surface area contributed by atoms with Gasteiger partial charge < -0.3 is 5.73 Å². The molecule has 0 spiro atoms. The normalized spacial score (nSPS) is 10.0. The van der Waals surface area contributed by atoms with Gasteiger partial charge in [-0.15, -0.1) is 5.10 Å². The van der Waals surface area contributed by atoms with Gasteiger partial charge in [0.1, 0.15) is 0 Å². The summed E-state index contributed by atoms with van der Waals surface area (Å²) in [5, 5.41) is 12.8. The first-order chi connectivity index (χ1) is 7.69. The topological polar surface area (TPSA) is 80.5 Å². The summed E-state index contributed by atoms with van der Waals surface area (Å²) >= 11 is 3.25. The Bertz CT molecular complexity index is 555. The number of nitrogens with two attached hydrogens (primary N) is 1. The van der Waals surface area contributed by atoms with Gasteiger partial charge in [0.15, 0.2) is 4.73 Å². The Balaban J connectivity index is 2.27. The lowest BCUT2D eigenvalue weighted by Crippen LogP contribution is -2.02. The molecule has 1 heterocycles. The number of nitriles is 1. The lowest BCUT2D eigenvalue weighted by molar-refractivity contribution is 0.670. The molecule has 0 aliphatic rings. The first-order valence-corrected chi connectivity index (χ1v) is 5.33. The molecular formula is C10H8BrN5. The molecule has 2 aromatic rings. The van der Waals surface area contributed by atoms with Gasteiger partial charge in [0.05, 0.1) is 18.2 Å². The predicted octanol–water partition coefficient (Wildman–Crippen LogP) is 1.54. The molecule has 0 bridgehead atoms. The van der Waals surface area contributed by atoms with Crippen LogP contribution in [-0.4, -0.2) is 14.8 Å². The highest BCUT2D eigenvalue weighted by molar-refractivity contribution is 9.10. The average molecular weight is 278 g/mol. The SMILES string of the molecule is N#Cc1cccc(Cn2nc(N)nc2Br)c1. The molecule has 5 nitrogen and oxygen atoms in total. The molecule has 0 aliphatic carbocycles. The third-order valence-electron chi connectivity index (χ3n) is 2.03. The zero-order chi connectivity index (χ0) is 11.5. The van der Waals surface area contributed by atoms with Crippen molar-refractivity contribution in [3.63, 3.8) is 0 Å². The maximum absolute atomic E-state index is 8.77. The Labute approximate surface area is 101 Å². The number of anilines is 1. The molecule has 6 heteroatoms. The first kappa shape index (κ1) is 10.6. The van der Waals surface area contributed by atoms with Crippen LogP contribution < -0.4 is 5.73 Å². The van der Waals surface area contributed by atoms with Crippen LogP contribution in [0, 0.1) is 11.3 Å². The smallest absolute Gasteiger partial charge is 0.240 e. The standard InChI is InChI=1S/C10H8BrN5/c11-9-14-10(13)15-16(9)6-8-3-1-2-7(4-8)5-12/h1-4H,6H2,(H2,13,15). The second-order valence-electron chi connectivity index (χ2n) is 3.21. The van der Waals surface area contributed by atoms with Gasteiger partial charge in [0.25, 0.3) is 0 Å². The van der Waals surface area contributed by atoms with Gasteiger partial charge in [-0.3, -0.25) is 0 Å². The summed E-state index contributed by atoms with van der Waals surface area (Å²) in [6.07, 6.45) is 0. The Kier molecular flexibility index (Phi) is 2.88. The monoisotopic (exact) mass is 277 g/mol. The van der Waals surface area contributed by atoms with E-state index in [1.165, 1.54) is 0 Å². The van der Waals surface area contributed by atoms with Crippen molar-refractivity contribution in [2.24, 2.45) is 0 Å². The summed E-state index contributed by atoms with van der Waals surface area (Å²) in [4.78, 5) is 3.93. The molecule has 0 aliphatic heterocycles. The van der Waals surface area contributed by atoms with E-state index >= 15 is 0 Å². The van der Waals surface area contributed by atoms with E-state index in [0.29, 0.717) is 16.8 Å². The molecule has 0 radical (unpaired) electrons. The number of aromatic nitrogens is 3. The zero-order valence-electron chi connectivity index (χ0n) is 8.26. The van der Waals surface area contributed by atoms with E-state index < -0.39 is 0 Å². The highest BCUT2D eigenvalue weighted by Gasteiger charge is 2.05. The van der Waals surface area contributed by atoms with Crippen LogP contribution in [0.5, 0.6) is 0 Å². The minimum atomic E-state index is 0.225. The molecule has 1 aromatic heterocycles. The van der Waals surface area contributed by atoms with Gasteiger partial charge >= 0.3 is 0 Å². The maximum Gasteiger partial charge on any atom is 0.240 e. The van der Waals surface area contributed by atoms with E-state index in [1.807, 2.05) is 18.2 Å². The average Bonchev–Trinajstić information content (AvgIpc) is 2.58. The summed E-state index contributed by atoms with van der Waals surface area (Å²) < 4.78 is 2.21. The van der Waals surface area contributed by atoms with Crippen molar-refractivity contribution in [1.29, 1.82) is 5.26 Å². The van der Waals surface area contributed by atoms with Gasteiger partial charge in [-0.2, -0.15) is 10.2 Å². The van der Waals surface area contributed by atoms with Gasteiger partial charge in [0, 0.05) is 0 Å². The van der Waals surface area contributed by atoms with Gasteiger partial charge in [-0.25, -0.2) is 4.68 Å². The largest absolute Gasteiger partial charge is 0.366 e. The highest BCUT2D eigenvalue weighted by atomic mass is 79.9. The van der Waals surface area contributed by atoms with Crippen molar-refractivity contribution in [2.75, 3.05) is 5.73 Å². The Morgan fingerprint density at radius 3 is 2.94 bits per heavy atom. The van der Waals surface area contributed by atoms with Crippen molar-refractivity contribution in [3.05, 3.63) is 40.1 Å². The number of nitrogen functional groups attached to an aromatic ring is 1. The molecule has 16 heavy (non-hydrogen) atoms. The summed E-state index contributed by atoms with van der Waals surface area (Å²) in [7, 11) is 0. The van der Waals surface area contributed by atoms with Crippen LogP contribution in [-0.2, 0) is 6.54 Å². The molecule has 0 saturated carbocycles. The Hall–Kier alpha value is -1.87. The summed E-state index contributed by atoms with van der Waals surface area (Å²) in [6.45, 7) is 0.528. The van der Waals surface area contributed by atoms with Gasteiger partial charge in [-0.1, -0.05) is 12.1 Å². The third kappa shape index (κ3) is 2.20. The van der Waals surface area contributed by atoms with Crippen LogP contribution in [0.2, 0.25) is 0 Å². The minimum Gasteiger partial charge on any atom is -0.366 e. The van der Waals surface area contributed by atoms with Crippen LogP contribution >= 0.6 is 15.9 Å². The van der Waals surface area contributed by atoms with Gasteiger partial charge in [0.2, 0.25) is 5.95 Å². The molecule has 0 saturated heterocycles. The summed E-state index contributed by atoms with van der Waals surface area (Å²) in [6, 6.07) is 9.42. The lowest BCUT2D eigenvalue weighted by Gasteiger charge is -2.02. The molecule has 0 unspecified atom stereocenters. The van der Waals surface area contributed by atoms with E-state index in [2.05, 4.69) is 32.1 Å².